The highest BCUT2D eigenvalue weighted by atomic mass is 15.2. The summed E-state index contributed by atoms with van der Waals surface area (Å²) in [4.78, 5) is 5.09. The summed E-state index contributed by atoms with van der Waals surface area (Å²) in [7, 11) is 4.39. The fourth-order valence-corrected chi connectivity index (χ4v) is 3.53. The van der Waals surface area contributed by atoms with Gasteiger partial charge in [-0.1, -0.05) is 20.3 Å². The summed E-state index contributed by atoms with van der Waals surface area (Å²) in [6, 6.07) is 0.755. The van der Waals surface area contributed by atoms with Crippen molar-refractivity contribution in [1.29, 1.82) is 0 Å². The Bertz CT molecular complexity index is 295. The third kappa shape index (κ3) is 7.12. The van der Waals surface area contributed by atoms with Gasteiger partial charge in [0.15, 0.2) is 0 Å². The Morgan fingerprint density at radius 1 is 1.19 bits per heavy atom. The van der Waals surface area contributed by atoms with E-state index in [0.717, 1.165) is 12.6 Å². The Morgan fingerprint density at radius 2 is 1.86 bits per heavy atom. The molecule has 0 aromatic rings. The summed E-state index contributed by atoms with van der Waals surface area (Å²) < 4.78 is 0. The number of nitrogens with zero attached hydrogens (tertiary/aromatic N) is 2. The molecule has 2 unspecified atom stereocenters. The number of likely N-dealkylation sites (tertiary alicyclic amines) is 1. The standard InChI is InChI=1S/C18H39N3/c1-8-11-18(5,14-19-17(2,3)4)15-21-12-9-10-16(21)13-20(6)7/h16,19H,8-15H2,1-7H3. The van der Waals surface area contributed by atoms with Crippen LogP contribution in [-0.2, 0) is 0 Å². The summed E-state index contributed by atoms with van der Waals surface area (Å²) in [6.45, 7) is 16.4. The monoisotopic (exact) mass is 297 g/mol. The molecule has 3 nitrogen and oxygen atoms in total. The zero-order chi connectivity index (χ0) is 16.1. The fourth-order valence-electron chi connectivity index (χ4n) is 3.53. The number of rotatable bonds is 8. The van der Waals surface area contributed by atoms with Crippen molar-refractivity contribution in [2.75, 3.05) is 40.3 Å². The molecule has 1 N–H and O–H groups in total. The molecule has 1 aliphatic heterocycles. The predicted molar refractivity (Wildman–Crippen MR) is 93.9 cm³/mol. The SMILES string of the molecule is CCCC(C)(CNC(C)(C)C)CN1CCCC1CN(C)C. The van der Waals surface area contributed by atoms with E-state index in [1.54, 1.807) is 0 Å². The van der Waals surface area contributed by atoms with E-state index in [1.165, 1.54) is 45.3 Å². The fraction of sp³-hybridized carbons (Fsp3) is 1.00. The molecule has 2 atom stereocenters. The van der Waals surface area contributed by atoms with Gasteiger partial charge in [-0.15, -0.1) is 0 Å². The molecule has 0 amide bonds. The first kappa shape index (κ1) is 18.9. The van der Waals surface area contributed by atoms with Gasteiger partial charge >= 0.3 is 0 Å². The van der Waals surface area contributed by atoms with Crippen molar-refractivity contribution in [1.82, 2.24) is 15.1 Å². The van der Waals surface area contributed by atoms with Gasteiger partial charge in [-0.25, -0.2) is 0 Å². The van der Waals surface area contributed by atoms with Gasteiger partial charge in [0, 0.05) is 31.2 Å². The van der Waals surface area contributed by atoms with Crippen LogP contribution in [0.5, 0.6) is 0 Å². The number of hydrogen-bond acceptors (Lipinski definition) is 3. The second-order valence-corrected chi connectivity index (χ2v) is 8.69. The average Bonchev–Trinajstić information content (AvgIpc) is 2.73. The van der Waals surface area contributed by atoms with Crippen LogP contribution in [0.15, 0.2) is 0 Å². The lowest BCUT2D eigenvalue weighted by Gasteiger charge is -2.39. The van der Waals surface area contributed by atoms with E-state index in [1.807, 2.05) is 0 Å². The Morgan fingerprint density at radius 3 is 2.38 bits per heavy atom. The molecular formula is C18H39N3. The van der Waals surface area contributed by atoms with Gasteiger partial charge < -0.3 is 10.2 Å². The van der Waals surface area contributed by atoms with Crippen molar-refractivity contribution in [2.24, 2.45) is 5.41 Å². The molecule has 0 bridgehead atoms. The van der Waals surface area contributed by atoms with Crippen LogP contribution in [0.4, 0.5) is 0 Å². The van der Waals surface area contributed by atoms with E-state index in [-0.39, 0.29) is 5.54 Å². The predicted octanol–water partition coefficient (Wildman–Crippen LogP) is 3.21. The van der Waals surface area contributed by atoms with Gasteiger partial charge in [-0.05, 0) is 66.1 Å². The molecule has 0 spiro atoms. The Hall–Kier alpha value is -0.120. The maximum atomic E-state index is 3.74. The summed E-state index contributed by atoms with van der Waals surface area (Å²) in [5.41, 5.74) is 0.597. The Kier molecular flexibility index (Phi) is 7.15. The summed E-state index contributed by atoms with van der Waals surface area (Å²) in [6.07, 6.45) is 5.32. The highest BCUT2D eigenvalue weighted by Crippen LogP contribution is 2.29. The van der Waals surface area contributed by atoms with Crippen LogP contribution >= 0.6 is 0 Å². The quantitative estimate of drug-likeness (QED) is 0.742. The molecule has 1 fully saturated rings. The highest BCUT2D eigenvalue weighted by Gasteiger charge is 2.33. The minimum Gasteiger partial charge on any atom is -0.311 e. The summed E-state index contributed by atoms with van der Waals surface area (Å²) in [5.74, 6) is 0. The molecule has 1 heterocycles. The van der Waals surface area contributed by atoms with Crippen LogP contribution in [0.1, 0.15) is 60.3 Å². The van der Waals surface area contributed by atoms with E-state index in [2.05, 4.69) is 63.8 Å². The Balaban J connectivity index is 2.63. The minimum atomic E-state index is 0.211. The zero-order valence-electron chi connectivity index (χ0n) is 15.6. The van der Waals surface area contributed by atoms with Crippen LogP contribution < -0.4 is 5.32 Å². The van der Waals surface area contributed by atoms with Gasteiger partial charge in [0.1, 0.15) is 0 Å². The van der Waals surface area contributed by atoms with Gasteiger partial charge in [0.2, 0.25) is 0 Å². The number of hydrogen-bond donors (Lipinski definition) is 1. The maximum absolute atomic E-state index is 3.74. The molecule has 0 aliphatic carbocycles. The maximum Gasteiger partial charge on any atom is 0.0223 e. The molecule has 3 heteroatoms. The van der Waals surface area contributed by atoms with Gasteiger partial charge in [0.25, 0.3) is 0 Å². The van der Waals surface area contributed by atoms with Crippen LogP contribution in [0.25, 0.3) is 0 Å². The van der Waals surface area contributed by atoms with Gasteiger partial charge in [-0.3, -0.25) is 4.90 Å². The van der Waals surface area contributed by atoms with Crippen molar-refractivity contribution in [2.45, 2.75) is 71.9 Å². The number of likely N-dealkylation sites (N-methyl/N-ethyl adjacent to an activating group) is 1. The third-order valence-corrected chi connectivity index (χ3v) is 4.56. The van der Waals surface area contributed by atoms with Crippen molar-refractivity contribution in [3.05, 3.63) is 0 Å². The van der Waals surface area contributed by atoms with Crippen molar-refractivity contribution in [3.8, 4) is 0 Å². The molecule has 0 aromatic carbocycles. The third-order valence-electron chi connectivity index (χ3n) is 4.56. The summed E-state index contributed by atoms with van der Waals surface area (Å²) >= 11 is 0. The lowest BCUT2D eigenvalue weighted by molar-refractivity contribution is 0.118. The highest BCUT2D eigenvalue weighted by molar-refractivity contribution is 4.89. The van der Waals surface area contributed by atoms with Crippen molar-refractivity contribution >= 4 is 0 Å². The molecular weight excluding hydrogens is 258 g/mol. The van der Waals surface area contributed by atoms with Crippen LogP contribution in [-0.4, -0.2) is 61.7 Å². The molecule has 1 aliphatic rings. The van der Waals surface area contributed by atoms with Crippen LogP contribution in [0, 0.1) is 5.41 Å². The van der Waals surface area contributed by atoms with E-state index in [9.17, 15) is 0 Å². The number of nitrogens with one attached hydrogen (secondary N) is 1. The lowest BCUT2D eigenvalue weighted by atomic mass is 9.83. The van der Waals surface area contributed by atoms with E-state index < -0.39 is 0 Å². The second kappa shape index (κ2) is 7.94. The smallest absolute Gasteiger partial charge is 0.0223 e. The van der Waals surface area contributed by atoms with Crippen molar-refractivity contribution < 1.29 is 0 Å². The molecule has 0 saturated carbocycles. The molecule has 21 heavy (non-hydrogen) atoms. The lowest BCUT2D eigenvalue weighted by Crippen LogP contribution is -2.49. The minimum absolute atomic E-state index is 0.211. The van der Waals surface area contributed by atoms with Gasteiger partial charge in [-0.2, -0.15) is 0 Å². The molecule has 126 valence electrons. The second-order valence-electron chi connectivity index (χ2n) is 8.69. The van der Waals surface area contributed by atoms with E-state index in [0.29, 0.717) is 5.41 Å². The Labute approximate surface area is 133 Å². The first-order chi connectivity index (χ1) is 9.65. The van der Waals surface area contributed by atoms with Gasteiger partial charge in [0.05, 0.1) is 0 Å². The molecule has 0 aromatic heterocycles. The topological polar surface area (TPSA) is 18.5 Å². The first-order valence-electron chi connectivity index (χ1n) is 8.79. The van der Waals surface area contributed by atoms with E-state index >= 15 is 0 Å². The molecule has 1 rings (SSSR count). The normalized spacial score (nSPS) is 23.7. The van der Waals surface area contributed by atoms with Crippen LogP contribution in [0.2, 0.25) is 0 Å². The van der Waals surface area contributed by atoms with Crippen molar-refractivity contribution in [3.63, 3.8) is 0 Å². The zero-order valence-corrected chi connectivity index (χ0v) is 15.6. The van der Waals surface area contributed by atoms with E-state index in [4.69, 9.17) is 0 Å². The molecule has 0 radical (unpaired) electrons. The van der Waals surface area contributed by atoms with Crippen LogP contribution in [0.3, 0.4) is 0 Å². The average molecular weight is 298 g/mol. The summed E-state index contributed by atoms with van der Waals surface area (Å²) in [5, 5.41) is 3.74. The molecule has 1 saturated heterocycles. The largest absolute Gasteiger partial charge is 0.311 e. The first-order valence-corrected chi connectivity index (χ1v) is 8.79.